The largest absolute Gasteiger partial charge is 0.497 e. The summed E-state index contributed by atoms with van der Waals surface area (Å²) in [4.78, 5) is 26.5. The molecule has 3 heterocycles. The van der Waals surface area contributed by atoms with Crippen molar-refractivity contribution in [3.8, 4) is 5.75 Å². The first kappa shape index (κ1) is 19.2. The molecule has 0 atom stereocenters. The van der Waals surface area contributed by atoms with Crippen LogP contribution in [0.3, 0.4) is 0 Å². The van der Waals surface area contributed by atoms with Crippen LogP contribution in [-0.4, -0.2) is 33.5 Å². The van der Waals surface area contributed by atoms with Gasteiger partial charge in [0, 0.05) is 12.2 Å². The Bertz CT molecular complexity index is 1290. The fourth-order valence-corrected chi connectivity index (χ4v) is 4.66. The molecule has 9 nitrogen and oxygen atoms in total. The molecule has 4 aromatic rings. The monoisotopic (exact) mass is 434 g/mol. The average Bonchev–Trinajstić information content (AvgIpc) is 3.19. The first-order valence-electron chi connectivity index (χ1n) is 9.70. The summed E-state index contributed by atoms with van der Waals surface area (Å²) in [6.07, 6.45) is 3.17. The van der Waals surface area contributed by atoms with Crippen molar-refractivity contribution in [3.63, 3.8) is 0 Å². The van der Waals surface area contributed by atoms with Crippen LogP contribution >= 0.6 is 11.3 Å². The third kappa shape index (κ3) is 3.50. The minimum atomic E-state index is -0.439. The number of hydrogen-bond acceptors (Lipinski definition) is 9. The predicted molar refractivity (Wildman–Crippen MR) is 120 cm³/mol. The summed E-state index contributed by atoms with van der Waals surface area (Å²) in [5, 5.41) is 15.6. The highest BCUT2D eigenvalue weighted by atomic mass is 32.1. The van der Waals surface area contributed by atoms with Crippen molar-refractivity contribution in [1.29, 1.82) is 0 Å². The molecule has 156 valence electrons. The van der Waals surface area contributed by atoms with Gasteiger partial charge < -0.3 is 15.0 Å². The average molecular weight is 434 g/mol. The topological polar surface area (TPSA) is 106 Å². The predicted octanol–water partition coefficient (Wildman–Crippen LogP) is 4.83. The molecule has 0 amide bonds. The fraction of sp³-hybridized carbons (Fsp3) is 0.190. The Balaban J connectivity index is 1.56. The number of ether oxygens (including phenoxy) is 1. The minimum absolute atomic E-state index is 0.115. The van der Waals surface area contributed by atoms with Crippen molar-refractivity contribution in [3.05, 3.63) is 64.5 Å². The molecule has 0 saturated carbocycles. The molecule has 2 aromatic carbocycles. The maximum atomic E-state index is 12.1. The molecule has 0 aliphatic carbocycles. The molecule has 10 heteroatoms. The molecule has 0 saturated heterocycles. The van der Waals surface area contributed by atoms with Crippen molar-refractivity contribution < 1.29 is 9.66 Å². The van der Waals surface area contributed by atoms with Gasteiger partial charge >= 0.3 is 5.69 Å². The van der Waals surface area contributed by atoms with Crippen molar-refractivity contribution in [2.24, 2.45) is 0 Å². The Morgan fingerprint density at radius 3 is 2.94 bits per heavy atom. The molecule has 0 unspecified atom stereocenters. The van der Waals surface area contributed by atoms with Gasteiger partial charge in [0.1, 0.15) is 12.1 Å². The third-order valence-electron chi connectivity index (χ3n) is 5.17. The lowest BCUT2D eigenvalue weighted by Crippen LogP contribution is -2.26. The number of para-hydroxylation sites is 1. The van der Waals surface area contributed by atoms with Crippen molar-refractivity contribution in [2.45, 2.75) is 12.8 Å². The highest BCUT2D eigenvalue weighted by molar-refractivity contribution is 7.22. The molecule has 1 aliphatic rings. The van der Waals surface area contributed by atoms with E-state index in [0.29, 0.717) is 11.7 Å². The van der Waals surface area contributed by atoms with Gasteiger partial charge in [-0.25, -0.2) is 15.0 Å². The van der Waals surface area contributed by atoms with E-state index in [1.807, 2.05) is 47.4 Å². The van der Waals surface area contributed by atoms with E-state index in [1.54, 1.807) is 7.11 Å². The van der Waals surface area contributed by atoms with E-state index in [2.05, 4.69) is 20.3 Å². The number of hydrogen-bond donors (Lipinski definition) is 1. The number of nitrogens with zero attached hydrogens (tertiary/aromatic N) is 5. The van der Waals surface area contributed by atoms with Gasteiger partial charge in [-0.1, -0.05) is 29.5 Å². The number of nitrogens with one attached hydrogen (secondary N) is 1. The molecular formula is C21H18N6O3S. The van der Waals surface area contributed by atoms with E-state index in [0.717, 1.165) is 40.1 Å². The summed E-state index contributed by atoms with van der Waals surface area (Å²) in [6.45, 7) is 0.648. The first-order valence-corrected chi connectivity index (χ1v) is 10.5. The number of methoxy groups -OCH3 is 1. The molecule has 0 radical (unpaired) electrons. The molecular weight excluding hydrogens is 416 g/mol. The normalized spacial score (nSPS) is 13.1. The van der Waals surface area contributed by atoms with Crippen LogP contribution in [0, 0.1) is 10.1 Å². The summed E-state index contributed by atoms with van der Waals surface area (Å²) >= 11 is 1.37. The lowest BCUT2D eigenvalue weighted by molar-refractivity contribution is -0.383. The number of aromatic nitrogens is 3. The second-order valence-corrected chi connectivity index (χ2v) is 8.04. The Morgan fingerprint density at radius 2 is 2.10 bits per heavy atom. The maximum Gasteiger partial charge on any atom is 0.354 e. The lowest BCUT2D eigenvalue weighted by atomic mass is 10.0. The number of aryl methyl sites for hydroxylation is 1. The number of anilines is 4. The smallest absolute Gasteiger partial charge is 0.354 e. The minimum Gasteiger partial charge on any atom is -0.497 e. The van der Waals surface area contributed by atoms with Gasteiger partial charge in [0.2, 0.25) is 11.6 Å². The highest BCUT2D eigenvalue weighted by Crippen LogP contribution is 2.41. The van der Waals surface area contributed by atoms with Crippen LogP contribution in [0.1, 0.15) is 12.0 Å². The fourth-order valence-electron chi connectivity index (χ4n) is 3.77. The van der Waals surface area contributed by atoms with Gasteiger partial charge in [0.15, 0.2) is 5.13 Å². The number of fused-ring (bicyclic) bond motifs is 2. The third-order valence-corrected chi connectivity index (χ3v) is 6.11. The van der Waals surface area contributed by atoms with Crippen LogP contribution in [0.2, 0.25) is 0 Å². The van der Waals surface area contributed by atoms with E-state index in [1.165, 1.54) is 17.7 Å². The molecule has 31 heavy (non-hydrogen) atoms. The summed E-state index contributed by atoms with van der Waals surface area (Å²) in [7, 11) is 1.60. The van der Waals surface area contributed by atoms with Crippen molar-refractivity contribution in [2.75, 3.05) is 23.9 Å². The standard InChI is InChI=1S/C21H18N6O3S/c1-30-14-8-9-15-17(11-14)31-21(24-15)25-19-18(27(28)29)20(23-12-22-19)26-10-4-6-13-5-2-3-7-16(13)26/h2-3,5,7-9,11-12H,4,6,10H2,1H3,(H,22,23,24,25). The van der Waals surface area contributed by atoms with Crippen LogP contribution in [0.15, 0.2) is 48.8 Å². The zero-order valence-corrected chi connectivity index (χ0v) is 17.4. The van der Waals surface area contributed by atoms with E-state index >= 15 is 0 Å². The summed E-state index contributed by atoms with van der Waals surface area (Å²) in [5.74, 6) is 1.11. The van der Waals surface area contributed by atoms with Crippen LogP contribution in [0.4, 0.5) is 28.1 Å². The number of nitro groups is 1. The number of rotatable bonds is 5. The van der Waals surface area contributed by atoms with Gasteiger partial charge in [-0.05, 0) is 42.7 Å². The SMILES string of the molecule is COc1ccc2nc(Nc3ncnc(N4CCCc5ccccc54)c3[N+](=O)[O-])sc2c1. The van der Waals surface area contributed by atoms with E-state index in [-0.39, 0.29) is 17.3 Å². The van der Waals surface area contributed by atoms with Crippen LogP contribution in [0.5, 0.6) is 5.75 Å². The number of benzene rings is 2. The van der Waals surface area contributed by atoms with Gasteiger partial charge in [-0.15, -0.1) is 0 Å². The molecule has 5 rings (SSSR count). The molecule has 2 aromatic heterocycles. The van der Waals surface area contributed by atoms with Crippen molar-refractivity contribution in [1.82, 2.24) is 15.0 Å². The van der Waals surface area contributed by atoms with Gasteiger partial charge in [-0.2, -0.15) is 0 Å². The van der Waals surface area contributed by atoms with Gasteiger partial charge in [-0.3, -0.25) is 10.1 Å². The second kappa shape index (κ2) is 7.80. The van der Waals surface area contributed by atoms with Crippen LogP contribution < -0.4 is 15.0 Å². The Kier molecular flexibility index (Phi) is 4.83. The summed E-state index contributed by atoms with van der Waals surface area (Å²) in [5.41, 5.74) is 2.69. The molecule has 0 fully saturated rings. The van der Waals surface area contributed by atoms with E-state index in [9.17, 15) is 10.1 Å². The van der Waals surface area contributed by atoms with E-state index in [4.69, 9.17) is 4.74 Å². The quantitative estimate of drug-likeness (QED) is 0.352. The molecule has 1 N–H and O–H groups in total. The lowest BCUT2D eigenvalue weighted by Gasteiger charge is -2.30. The van der Waals surface area contributed by atoms with E-state index < -0.39 is 4.92 Å². The molecule has 0 bridgehead atoms. The Morgan fingerprint density at radius 1 is 1.23 bits per heavy atom. The maximum absolute atomic E-state index is 12.1. The van der Waals surface area contributed by atoms with Crippen LogP contribution in [0.25, 0.3) is 10.2 Å². The van der Waals surface area contributed by atoms with Gasteiger partial charge in [0.25, 0.3) is 0 Å². The number of thiazole rings is 1. The molecule has 1 aliphatic heterocycles. The second-order valence-electron chi connectivity index (χ2n) is 7.01. The zero-order chi connectivity index (χ0) is 21.4. The van der Waals surface area contributed by atoms with Crippen molar-refractivity contribution >= 4 is 49.7 Å². The zero-order valence-electron chi connectivity index (χ0n) is 16.6. The first-order chi connectivity index (χ1) is 15.1. The Labute approximate surface area is 181 Å². The summed E-state index contributed by atoms with van der Waals surface area (Å²) < 4.78 is 6.16. The highest BCUT2D eigenvalue weighted by Gasteiger charge is 2.30. The van der Waals surface area contributed by atoms with Gasteiger partial charge in [0.05, 0.1) is 22.2 Å². The molecule has 0 spiro atoms. The summed E-state index contributed by atoms with van der Waals surface area (Å²) in [6, 6.07) is 13.5. The van der Waals surface area contributed by atoms with Crippen LogP contribution in [-0.2, 0) is 6.42 Å². The Hall–Kier alpha value is -3.79.